The van der Waals surface area contributed by atoms with Gasteiger partial charge in [0.15, 0.2) is 11.3 Å². The molecule has 0 aliphatic rings. The molecule has 0 saturated heterocycles. The number of hydrogen-bond donors (Lipinski definition) is 3. The number of nitrogens with two attached hydrogens (primary N) is 2. The molecule has 0 amide bonds. The molecule has 0 aliphatic carbocycles. The van der Waals surface area contributed by atoms with Gasteiger partial charge >= 0.3 is 11.9 Å². The number of imidazole rings is 1. The third kappa shape index (κ3) is 5.48. The van der Waals surface area contributed by atoms with E-state index in [2.05, 4.69) is 0 Å². The number of amidine groups is 1. The molecule has 2 aromatic carbocycles. The fourth-order valence-electron chi connectivity index (χ4n) is 4.16. The largest absolute Gasteiger partial charge is 0.462 e. The second-order valence-corrected chi connectivity index (χ2v) is 10.2. The van der Waals surface area contributed by atoms with Crippen LogP contribution in [0.4, 0.5) is 0 Å². The summed E-state index contributed by atoms with van der Waals surface area (Å²) in [5.41, 5.74) is 12.6. The molecule has 0 fully saturated rings. The molecule has 1 atom stereocenters. The van der Waals surface area contributed by atoms with Crippen molar-refractivity contribution in [3.63, 3.8) is 0 Å². The van der Waals surface area contributed by atoms with Crippen LogP contribution in [0, 0.1) is 5.41 Å². The van der Waals surface area contributed by atoms with E-state index in [4.69, 9.17) is 31.3 Å². The highest BCUT2D eigenvalue weighted by Crippen LogP contribution is 2.30. The van der Waals surface area contributed by atoms with Crippen LogP contribution in [0.2, 0.25) is 0 Å². The average Bonchev–Trinajstić information content (AvgIpc) is 3.36. The molecule has 4 rings (SSSR count). The minimum atomic E-state index is -2.04. The first-order valence-corrected chi connectivity index (χ1v) is 12.6. The van der Waals surface area contributed by atoms with Gasteiger partial charge in [0.25, 0.3) is 0 Å². The molecule has 10 heteroatoms. The Bertz CT molecular complexity index is 1600. The Morgan fingerprint density at radius 2 is 1.50 bits per heavy atom. The Kier molecular flexibility index (Phi) is 7.57. The van der Waals surface area contributed by atoms with Crippen LogP contribution >= 0.6 is 0 Å². The van der Waals surface area contributed by atoms with Crippen molar-refractivity contribution in [3.8, 4) is 11.3 Å². The van der Waals surface area contributed by atoms with E-state index in [0.717, 1.165) is 5.56 Å². The van der Waals surface area contributed by atoms with Crippen LogP contribution in [0.3, 0.4) is 0 Å². The molecule has 2 heterocycles. The summed E-state index contributed by atoms with van der Waals surface area (Å²) in [5.74, 6) is -2.14. The zero-order valence-corrected chi connectivity index (χ0v) is 22.7. The van der Waals surface area contributed by atoms with Crippen LogP contribution in [0.25, 0.3) is 16.9 Å². The molecule has 0 bridgehead atoms. The van der Waals surface area contributed by atoms with Crippen LogP contribution in [0.5, 0.6) is 0 Å². The monoisotopic (exact) mass is 541 g/mol. The first kappa shape index (κ1) is 28.2. The number of fused-ring (bicyclic) bond motifs is 1. The third-order valence-corrected chi connectivity index (χ3v) is 6.16. The highest BCUT2D eigenvalue weighted by atomic mass is 16.6. The summed E-state index contributed by atoms with van der Waals surface area (Å²) in [6.07, 6.45) is 3.49. The van der Waals surface area contributed by atoms with E-state index >= 15 is 0 Å². The predicted molar refractivity (Wildman–Crippen MR) is 150 cm³/mol. The van der Waals surface area contributed by atoms with E-state index in [9.17, 15) is 14.4 Å². The molecule has 0 spiro atoms. The molecular weight excluding hydrogens is 510 g/mol. The SMILES string of the molecule is CCOC(=O)c1ccc(-c2cn3cccc(C(N)(C(=N)N)C(=O)c4ccc(C(=O)OC(C)(C)C)cc4)c3n2)cc1. The molecule has 0 radical (unpaired) electrons. The zero-order chi connectivity index (χ0) is 29.2. The number of benzene rings is 2. The number of rotatable bonds is 8. The van der Waals surface area contributed by atoms with Gasteiger partial charge in [0.2, 0.25) is 0 Å². The Labute approximate surface area is 231 Å². The van der Waals surface area contributed by atoms with Gasteiger partial charge in [-0.2, -0.15) is 0 Å². The number of nitrogens with zero attached hydrogens (tertiary/aromatic N) is 2. The number of pyridine rings is 1. The smallest absolute Gasteiger partial charge is 0.338 e. The molecule has 5 N–H and O–H groups in total. The zero-order valence-electron chi connectivity index (χ0n) is 22.7. The summed E-state index contributed by atoms with van der Waals surface area (Å²) in [6.45, 7) is 7.30. The van der Waals surface area contributed by atoms with Crippen LogP contribution in [0.1, 0.15) is 64.3 Å². The van der Waals surface area contributed by atoms with E-state index < -0.39 is 34.7 Å². The number of esters is 2. The van der Waals surface area contributed by atoms with E-state index in [-0.39, 0.29) is 23.3 Å². The maximum atomic E-state index is 13.8. The lowest BCUT2D eigenvalue weighted by atomic mass is 9.82. The summed E-state index contributed by atoms with van der Waals surface area (Å²) in [5, 5.41) is 8.30. The lowest BCUT2D eigenvalue weighted by Crippen LogP contribution is -2.55. The van der Waals surface area contributed by atoms with Gasteiger partial charge in [-0.05, 0) is 58.0 Å². The second-order valence-electron chi connectivity index (χ2n) is 10.2. The molecule has 4 aromatic rings. The third-order valence-electron chi connectivity index (χ3n) is 6.16. The van der Waals surface area contributed by atoms with Crippen molar-refractivity contribution in [2.75, 3.05) is 6.61 Å². The highest BCUT2D eigenvalue weighted by Gasteiger charge is 2.42. The van der Waals surface area contributed by atoms with Gasteiger partial charge in [-0.1, -0.05) is 30.3 Å². The minimum absolute atomic E-state index is 0.161. The van der Waals surface area contributed by atoms with Gasteiger partial charge in [0, 0.05) is 29.1 Å². The summed E-state index contributed by atoms with van der Waals surface area (Å²) >= 11 is 0. The molecule has 2 aromatic heterocycles. The van der Waals surface area contributed by atoms with Gasteiger partial charge in [0.05, 0.1) is 23.4 Å². The van der Waals surface area contributed by atoms with Crippen molar-refractivity contribution in [1.82, 2.24) is 9.38 Å². The van der Waals surface area contributed by atoms with Crippen LogP contribution in [0.15, 0.2) is 73.1 Å². The van der Waals surface area contributed by atoms with Gasteiger partial charge in [-0.15, -0.1) is 0 Å². The number of Topliss-reactive ketones (excluding diaryl/α,β-unsaturated/α-hetero) is 1. The molecule has 0 saturated carbocycles. The van der Waals surface area contributed by atoms with Gasteiger partial charge in [-0.25, -0.2) is 14.6 Å². The first-order valence-electron chi connectivity index (χ1n) is 12.6. The quantitative estimate of drug-likeness (QED) is 0.130. The molecule has 0 aliphatic heterocycles. The maximum absolute atomic E-state index is 13.8. The normalized spacial score (nSPS) is 12.9. The molecule has 10 nitrogen and oxygen atoms in total. The summed E-state index contributed by atoms with van der Waals surface area (Å²) in [7, 11) is 0. The summed E-state index contributed by atoms with van der Waals surface area (Å²) < 4.78 is 12.1. The van der Waals surface area contributed by atoms with Crippen molar-refractivity contribution in [1.29, 1.82) is 5.41 Å². The second kappa shape index (κ2) is 10.7. The molecule has 40 heavy (non-hydrogen) atoms. The van der Waals surface area contributed by atoms with E-state index in [1.165, 1.54) is 24.3 Å². The van der Waals surface area contributed by atoms with E-state index in [0.29, 0.717) is 16.9 Å². The maximum Gasteiger partial charge on any atom is 0.338 e. The topological polar surface area (TPSA) is 163 Å². The molecule has 206 valence electrons. The van der Waals surface area contributed by atoms with Crippen molar-refractivity contribution in [2.45, 2.75) is 38.8 Å². The number of hydrogen-bond acceptors (Lipinski definition) is 8. The molecule has 1 unspecified atom stereocenters. The van der Waals surface area contributed by atoms with Crippen LogP contribution < -0.4 is 11.5 Å². The number of aromatic nitrogens is 2. The van der Waals surface area contributed by atoms with Crippen molar-refractivity contribution >= 4 is 29.2 Å². The average molecular weight is 542 g/mol. The Morgan fingerprint density at radius 1 is 0.925 bits per heavy atom. The van der Waals surface area contributed by atoms with Gasteiger partial charge in [0.1, 0.15) is 17.1 Å². The van der Waals surface area contributed by atoms with Crippen molar-refractivity contribution in [2.24, 2.45) is 11.5 Å². The summed E-state index contributed by atoms with van der Waals surface area (Å²) in [4.78, 5) is 42.8. The lowest BCUT2D eigenvalue weighted by Gasteiger charge is -2.27. The fourth-order valence-corrected chi connectivity index (χ4v) is 4.16. The number of carbonyl (C=O) groups is 3. The first-order chi connectivity index (χ1) is 18.8. The minimum Gasteiger partial charge on any atom is -0.462 e. The standard InChI is InChI=1S/C30H31N5O5/c1-5-39-26(37)20-12-8-18(9-13-20)23-17-35-16-6-7-22(25(35)34-23)30(33,28(31)32)24(36)19-10-14-21(15-11-19)27(38)40-29(2,3)4/h6-17H,5,33H2,1-4H3,(H3,31,32). The van der Waals surface area contributed by atoms with Crippen LogP contribution in [-0.2, 0) is 15.0 Å². The Morgan fingerprint density at radius 3 is 2.08 bits per heavy atom. The van der Waals surface area contributed by atoms with Crippen molar-refractivity contribution < 1.29 is 23.9 Å². The van der Waals surface area contributed by atoms with Crippen LogP contribution in [-0.4, -0.2) is 45.2 Å². The number of ether oxygens (including phenoxy) is 2. The highest BCUT2D eigenvalue weighted by molar-refractivity contribution is 6.19. The number of nitrogens with one attached hydrogen (secondary N) is 1. The van der Waals surface area contributed by atoms with E-state index in [1.807, 2.05) is 0 Å². The van der Waals surface area contributed by atoms with Gasteiger partial charge < -0.3 is 25.3 Å². The Hall–Kier alpha value is -4.83. The van der Waals surface area contributed by atoms with Crippen molar-refractivity contribution in [3.05, 3.63) is 95.3 Å². The number of ketones is 1. The molecular formula is C30H31N5O5. The Balaban J connectivity index is 1.70. The van der Waals surface area contributed by atoms with E-state index in [1.54, 1.807) is 80.9 Å². The summed E-state index contributed by atoms with van der Waals surface area (Å²) in [6, 6.07) is 15.9. The number of carbonyl (C=O) groups excluding carboxylic acids is 3. The predicted octanol–water partition coefficient (Wildman–Crippen LogP) is 4.11. The fraction of sp³-hybridized carbons (Fsp3) is 0.233. The lowest BCUT2D eigenvalue weighted by molar-refractivity contribution is 0.00690. The van der Waals surface area contributed by atoms with Gasteiger partial charge in [-0.3, -0.25) is 10.2 Å².